The molecule has 0 heterocycles. The van der Waals surface area contributed by atoms with E-state index in [1.54, 1.807) is 6.07 Å². The van der Waals surface area contributed by atoms with Crippen LogP contribution < -0.4 is 4.74 Å². The van der Waals surface area contributed by atoms with Crippen molar-refractivity contribution >= 4 is 11.6 Å². The van der Waals surface area contributed by atoms with Crippen LogP contribution in [0.4, 0.5) is 0 Å². The zero-order valence-electron chi connectivity index (χ0n) is 23.0. The van der Waals surface area contributed by atoms with Crippen LogP contribution in [0.3, 0.4) is 0 Å². The molecule has 0 aromatic heterocycles. The summed E-state index contributed by atoms with van der Waals surface area (Å²) >= 11 is 0. The molecule has 1 aromatic carbocycles. The number of aromatic hydroxyl groups is 1. The van der Waals surface area contributed by atoms with Crippen LogP contribution in [-0.2, 0) is 22.4 Å². The predicted octanol–water partition coefficient (Wildman–Crippen LogP) is 6.10. The average molecular weight is 521 g/mol. The third-order valence-electron chi connectivity index (χ3n) is 10.4. The number of aliphatic hydroxyl groups excluding tert-OH is 1. The fourth-order valence-corrected chi connectivity index (χ4v) is 8.03. The van der Waals surface area contributed by atoms with Crippen LogP contribution >= 0.6 is 0 Å². The molecule has 0 bridgehead atoms. The van der Waals surface area contributed by atoms with Crippen LogP contribution in [-0.4, -0.2) is 35.0 Å². The molecule has 3 atom stereocenters. The summed E-state index contributed by atoms with van der Waals surface area (Å²) in [4.78, 5) is 25.2. The summed E-state index contributed by atoms with van der Waals surface area (Å²) in [5.74, 6) is 8.61. The van der Waals surface area contributed by atoms with Crippen molar-refractivity contribution in [3.63, 3.8) is 0 Å². The molecule has 3 saturated carbocycles. The predicted molar refractivity (Wildman–Crippen MR) is 147 cm³/mol. The van der Waals surface area contributed by atoms with E-state index in [4.69, 9.17) is 4.74 Å². The molecule has 1 aromatic rings. The van der Waals surface area contributed by atoms with Gasteiger partial charge < -0.3 is 14.9 Å². The first-order chi connectivity index (χ1) is 18.3. The molecular weight excluding hydrogens is 476 g/mol. The van der Waals surface area contributed by atoms with E-state index >= 15 is 0 Å². The first kappa shape index (κ1) is 27.3. The maximum absolute atomic E-state index is 13.6. The van der Waals surface area contributed by atoms with Crippen LogP contribution in [0.15, 0.2) is 12.1 Å². The lowest BCUT2D eigenvalue weighted by Crippen LogP contribution is -2.46. The molecule has 0 aliphatic heterocycles. The van der Waals surface area contributed by atoms with Gasteiger partial charge in [0.15, 0.2) is 17.3 Å². The van der Waals surface area contributed by atoms with E-state index in [2.05, 4.69) is 11.8 Å². The Bertz CT molecular complexity index is 1090. The topological polar surface area (TPSA) is 83.8 Å². The van der Waals surface area contributed by atoms with Crippen molar-refractivity contribution in [3.05, 3.63) is 23.3 Å². The van der Waals surface area contributed by atoms with Crippen LogP contribution in [0.1, 0.15) is 107 Å². The van der Waals surface area contributed by atoms with E-state index in [9.17, 15) is 19.8 Å². The van der Waals surface area contributed by atoms with Crippen molar-refractivity contribution < 1.29 is 24.5 Å². The second-order valence-corrected chi connectivity index (χ2v) is 12.8. The zero-order chi connectivity index (χ0) is 26.8. The number of ether oxygens (including phenoxy) is 1. The highest BCUT2D eigenvalue weighted by Crippen LogP contribution is 2.52. The number of carbonyl (C=O) groups excluding carboxylic acids is 2. The van der Waals surface area contributed by atoms with E-state index in [0.29, 0.717) is 60.9 Å². The minimum atomic E-state index is -0.970. The summed E-state index contributed by atoms with van der Waals surface area (Å²) < 4.78 is 5.27. The number of phenolic OH excluding ortho intramolecular Hbond substituents is 1. The van der Waals surface area contributed by atoms with Crippen molar-refractivity contribution in [2.45, 2.75) is 115 Å². The molecule has 5 nitrogen and oxygen atoms in total. The number of fused-ring (bicyclic) bond motifs is 1. The van der Waals surface area contributed by atoms with Gasteiger partial charge in [0.1, 0.15) is 11.2 Å². The number of methoxy groups -OCH3 is 1. The highest BCUT2D eigenvalue weighted by molar-refractivity contribution is 5.89. The van der Waals surface area contributed by atoms with Crippen LogP contribution in [0, 0.1) is 34.5 Å². The number of phenols is 1. The number of hydrogen-bond donors (Lipinski definition) is 2. The summed E-state index contributed by atoms with van der Waals surface area (Å²) in [6.45, 7) is 0. The molecule has 4 aliphatic rings. The molecule has 5 heteroatoms. The van der Waals surface area contributed by atoms with Crippen LogP contribution in [0.2, 0.25) is 0 Å². The quantitative estimate of drug-likeness (QED) is 0.443. The van der Waals surface area contributed by atoms with Gasteiger partial charge >= 0.3 is 0 Å². The maximum atomic E-state index is 13.6. The average Bonchev–Trinajstić information content (AvgIpc) is 3.38. The normalized spacial score (nSPS) is 29.6. The number of ketones is 2. The highest BCUT2D eigenvalue weighted by Gasteiger charge is 2.48. The van der Waals surface area contributed by atoms with Gasteiger partial charge in [0.05, 0.1) is 13.2 Å². The van der Waals surface area contributed by atoms with Gasteiger partial charge in [0.25, 0.3) is 0 Å². The Labute approximate surface area is 227 Å². The largest absolute Gasteiger partial charge is 0.504 e. The molecule has 2 N–H and O–H groups in total. The summed E-state index contributed by atoms with van der Waals surface area (Å²) in [6, 6.07) is 3.52. The standard InChI is InChI=1S/C33H44O5/c1-38-29-21-26-8-11-30(36)33(16-4-5-25(26)20-28(29)35)18-13-24(19-31(33)37)22-32(14-2-3-15-32)17-12-23-6-9-27(34)10-7-23/h20-21,23-24,31,35,37H,2-3,5-15,17-19,22H2,1H3/t24-,31-,33-/m1/s1. The number of aryl methyl sites for hydroxylation is 1. The molecule has 0 amide bonds. The number of Topliss-reactive ketones (excluding diaryl/α,β-unsaturated/α-hetero) is 2. The Kier molecular flexibility index (Phi) is 8.19. The second kappa shape index (κ2) is 11.4. The molecule has 38 heavy (non-hydrogen) atoms. The first-order valence-electron chi connectivity index (χ1n) is 14.9. The van der Waals surface area contributed by atoms with Gasteiger partial charge in [-0.25, -0.2) is 0 Å². The van der Waals surface area contributed by atoms with Gasteiger partial charge in [-0.05, 0) is 111 Å². The summed E-state index contributed by atoms with van der Waals surface area (Å²) in [7, 11) is 1.53. The summed E-state index contributed by atoms with van der Waals surface area (Å²) in [6.07, 6.45) is 15.3. The van der Waals surface area contributed by atoms with Crippen molar-refractivity contribution in [3.8, 4) is 23.3 Å². The van der Waals surface area contributed by atoms with E-state index < -0.39 is 11.5 Å². The smallest absolute Gasteiger partial charge is 0.160 e. The van der Waals surface area contributed by atoms with Crippen molar-refractivity contribution in [1.82, 2.24) is 0 Å². The molecular formula is C33H44O5. The monoisotopic (exact) mass is 520 g/mol. The zero-order valence-corrected chi connectivity index (χ0v) is 23.0. The number of carbonyl (C=O) groups is 2. The van der Waals surface area contributed by atoms with Crippen molar-refractivity contribution in [2.75, 3.05) is 7.11 Å². The Morgan fingerprint density at radius 3 is 2.45 bits per heavy atom. The first-order valence-corrected chi connectivity index (χ1v) is 14.9. The molecule has 206 valence electrons. The molecule has 3 fully saturated rings. The Balaban J connectivity index is 1.24. The van der Waals surface area contributed by atoms with E-state index in [1.165, 1.54) is 45.6 Å². The summed E-state index contributed by atoms with van der Waals surface area (Å²) in [5.41, 5.74) is 1.30. The second-order valence-electron chi connectivity index (χ2n) is 12.8. The minimum Gasteiger partial charge on any atom is -0.504 e. The van der Waals surface area contributed by atoms with Gasteiger partial charge in [-0.15, -0.1) is 0 Å². The lowest BCUT2D eigenvalue weighted by molar-refractivity contribution is -0.135. The third kappa shape index (κ3) is 5.67. The lowest BCUT2D eigenvalue weighted by Gasteiger charge is -2.43. The Morgan fingerprint density at radius 1 is 0.974 bits per heavy atom. The third-order valence-corrected chi connectivity index (χ3v) is 10.4. The van der Waals surface area contributed by atoms with Crippen molar-refractivity contribution in [1.29, 1.82) is 0 Å². The van der Waals surface area contributed by atoms with Crippen LogP contribution in [0.25, 0.3) is 0 Å². The number of benzene rings is 1. The van der Waals surface area contributed by atoms with Gasteiger partial charge in [0, 0.05) is 25.7 Å². The number of rotatable bonds is 6. The molecule has 1 spiro atoms. The number of hydrogen-bond acceptors (Lipinski definition) is 5. The maximum Gasteiger partial charge on any atom is 0.160 e. The van der Waals surface area contributed by atoms with Gasteiger partial charge in [-0.3, -0.25) is 9.59 Å². The van der Waals surface area contributed by atoms with Gasteiger partial charge in [-0.2, -0.15) is 0 Å². The van der Waals surface area contributed by atoms with E-state index in [-0.39, 0.29) is 11.5 Å². The molecule has 0 saturated heterocycles. The SMILES string of the molecule is COc1cc2c(cc1O)CC#C[C@@]1(CC[C@@H](CC3(CCC4CCC(=O)CC4)CCCC3)C[C@H]1O)C(=O)CC2. The van der Waals surface area contributed by atoms with Crippen molar-refractivity contribution in [2.24, 2.45) is 22.7 Å². The molecule has 0 unspecified atom stereocenters. The highest BCUT2D eigenvalue weighted by atomic mass is 16.5. The van der Waals surface area contributed by atoms with Gasteiger partial charge in [-0.1, -0.05) is 24.7 Å². The number of aliphatic hydroxyl groups is 1. The van der Waals surface area contributed by atoms with E-state index in [1.807, 2.05) is 6.07 Å². The Hall–Kier alpha value is -2.32. The van der Waals surface area contributed by atoms with Gasteiger partial charge in [0.2, 0.25) is 0 Å². The molecule has 5 rings (SSSR count). The fraction of sp³-hybridized carbons (Fsp3) is 0.697. The lowest BCUT2D eigenvalue weighted by atomic mass is 9.62. The minimum absolute atomic E-state index is 0.0540. The molecule has 0 radical (unpaired) electrons. The van der Waals surface area contributed by atoms with Crippen LogP contribution in [0.5, 0.6) is 11.5 Å². The van der Waals surface area contributed by atoms with E-state index in [0.717, 1.165) is 49.7 Å². The Morgan fingerprint density at radius 2 is 1.74 bits per heavy atom. The summed E-state index contributed by atoms with van der Waals surface area (Å²) in [5, 5.41) is 21.7. The fourth-order valence-electron chi connectivity index (χ4n) is 8.03. The molecule has 4 aliphatic carbocycles.